The fourth-order valence-corrected chi connectivity index (χ4v) is 2.93. The zero-order valence-corrected chi connectivity index (χ0v) is 11.3. The zero-order chi connectivity index (χ0) is 12.4. The van der Waals surface area contributed by atoms with Gasteiger partial charge in [0.25, 0.3) is 0 Å². The average molecular weight is 249 g/mol. The molecule has 4 nitrogen and oxygen atoms in total. The largest absolute Gasteiger partial charge is 0.396 e. The lowest BCUT2D eigenvalue weighted by Gasteiger charge is -2.22. The molecule has 5 heteroatoms. The van der Waals surface area contributed by atoms with E-state index in [0.29, 0.717) is 12.5 Å². The zero-order valence-electron chi connectivity index (χ0n) is 10.4. The number of rotatable bonds is 4. The number of aliphatic hydroxyl groups excluding tert-OH is 1. The van der Waals surface area contributed by atoms with Crippen LogP contribution >= 0.6 is 0 Å². The second kappa shape index (κ2) is 5.02. The third-order valence-corrected chi connectivity index (χ3v) is 5.82. The van der Waals surface area contributed by atoms with Gasteiger partial charge in [-0.1, -0.05) is 0 Å². The van der Waals surface area contributed by atoms with Gasteiger partial charge in [0, 0.05) is 19.7 Å². The highest BCUT2D eigenvalue weighted by atomic mass is 32.2. The Labute approximate surface area is 98.6 Å². The van der Waals surface area contributed by atoms with Crippen molar-refractivity contribution in [2.75, 3.05) is 32.0 Å². The van der Waals surface area contributed by atoms with E-state index in [1.54, 1.807) is 20.8 Å². The number of likely N-dealkylation sites (tertiary alicyclic amines) is 1. The second-order valence-corrected chi connectivity index (χ2v) is 8.43. The summed E-state index contributed by atoms with van der Waals surface area (Å²) >= 11 is 0. The molecular weight excluding hydrogens is 226 g/mol. The van der Waals surface area contributed by atoms with Crippen LogP contribution in [-0.4, -0.2) is 55.2 Å². The van der Waals surface area contributed by atoms with Crippen molar-refractivity contribution in [1.82, 2.24) is 4.90 Å². The van der Waals surface area contributed by atoms with E-state index in [4.69, 9.17) is 5.11 Å². The summed E-state index contributed by atoms with van der Waals surface area (Å²) in [4.78, 5) is 2.13. The highest BCUT2D eigenvalue weighted by Crippen LogP contribution is 2.19. The standard InChI is InChI=1S/C11H23NO3S/c1-11(2,3)16(14,15)7-6-12-5-4-10(8-12)9-13/h10,13H,4-9H2,1-3H3. The molecule has 1 unspecified atom stereocenters. The molecule has 0 aromatic heterocycles. The van der Waals surface area contributed by atoms with Crippen molar-refractivity contribution >= 4 is 9.84 Å². The maximum absolute atomic E-state index is 11.9. The minimum absolute atomic E-state index is 0.211. The molecule has 0 amide bonds. The first kappa shape index (κ1) is 13.9. The first-order chi connectivity index (χ1) is 7.26. The predicted molar refractivity (Wildman–Crippen MR) is 65.2 cm³/mol. The molecule has 0 aromatic carbocycles. The van der Waals surface area contributed by atoms with Crippen LogP contribution in [-0.2, 0) is 9.84 Å². The number of nitrogens with zero attached hydrogens (tertiary/aromatic N) is 1. The molecule has 0 aromatic rings. The Morgan fingerprint density at radius 3 is 2.44 bits per heavy atom. The van der Waals surface area contributed by atoms with Gasteiger partial charge in [0.15, 0.2) is 9.84 Å². The Balaban J connectivity index is 2.42. The van der Waals surface area contributed by atoms with E-state index in [1.807, 2.05) is 0 Å². The van der Waals surface area contributed by atoms with Gasteiger partial charge in [-0.2, -0.15) is 0 Å². The lowest BCUT2D eigenvalue weighted by Crippen LogP contribution is -2.36. The molecule has 16 heavy (non-hydrogen) atoms. The summed E-state index contributed by atoms with van der Waals surface area (Å²) in [6, 6.07) is 0. The molecule has 1 aliphatic rings. The van der Waals surface area contributed by atoms with Crippen molar-refractivity contribution in [2.45, 2.75) is 31.9 Å². The Bertz CT molecular complexity index is 319. The van der Waals surface area contributed by atoms with Crippen LogP contribution in [0.4, 0.5) is 0 Å². The molecule has 0 spiro atoms. The van der Waals surface area contributed by atoms with Gasteiger partial charge in [-0.05, 0) is 39.7 Å². The molecule has 0 radical (unpaired) electrons. The SMILES string of the molecule is CC(C)(C)S(=O)(=O)CCN1CCC(CO)C1. The van der Waals surface area contributed by atoms with E-state index in [2.05, 4.69) is 4.90 Å². The molecule has 96 valence electrons. The van der Waals surface area contributed by atoms with Gasteiger partial charge < -0.3 is 10.0 Å². The molecule has 1 saturated heterocycles. The van der Waals surface area contributed by atoms with Crippen LogP contribution in [0.15, 0.2) is 0 Å². The summed E-state index contributed by atoms with van der Waals surface area (Å²) in [6.45, 7) is 7.76. The Morgan fingerprint density at radius 2 is 2.00 bits per heavy atom. The second-order valence-electron chi connectivity index (χ2n) is 5.57. The van der Waals surface area contributed by atoms with Crippen LogP contribution < -0.4 is 0 Å². The molecule has 0 bridgehead atoms. The van der Waals surface area contributed by atoms with Crippen molar-refractivity contribution in [1.29, 1.82) is 0 Å². The highest BCUT2D eigenvalue weighted by molar-refractivity contribution is 7.92. The van der Waals surface area contributed by atoms with E-state index in [1.165, 1.54) is 0 Å². The number of aliphatic hydroxyl groups is 1. The maximum Gasteiger partial charge on any atom is 0.156 e. The molecule has 1 fully saturated rings. The molecule has 1 atom stereocenters. The maximum atomic E-state index is 11.9. The molecule has 0 saturated carbocycles. The number of hydrogen-bond acceptors (Lipinski definition) is 4. The van der Waals surface area contributed by atoms with E-state index >= 15 is 0 Å². The Hall–Kier alpha value is -0.130. The molecule has 1 rings (SSSR count). The van der Waals surface area contributed by atoms with E-state index in [0.717, 1.165) is 19.5 Å². The highest BCUT2D eigenvalue weighted by Gasteiger charge is 2.30. The van der Waals surface area contributed by atoms with E-state index in [-0.39, 0.29) is 12.4 Å². The van der Waals surface area contributed by atoms with Crippen molar-refractivity contribution < 1.29 is 13.5 Å². The smallest absolute Gasteiger partial charge is 0.156 e. The van der Waals surface area contributed by atoms with Gasteiger partial charge in [-0.25, -0.2) is 8.42 Å². The third kappa shape index (κ3) is 3.43. The van der Waals surface area contributed by atoms with Crippen LogP contribution in [0.5, 0.6) is 0 Å². The van der Waals surface area contributed by atoms with Crippen LogP contribution in [0.1, 0.15) is 27.2 Å². The van der Waals surface area contributed by atoms with Crippen LogP contribution in [0.2, 0.25) is 0 Å². The summed E-state index contributed by atoms with van der Waals surface area (Å²) in [7, 11) is -3.01. The molecule has 1 heterocycles. The summed E-state index contributed by atoms with van der Waals surface area (Å²) in [6.07, 6.45) is 0.978. The molecule has 0 aliphatic carbocycles. The van der Waals surface area contributed by atoms with Crippen LogP contribution in [0.25, 0.3) is 0 Å². The minimum atomic E-state index is -3.01. The Morgan fingerprint density at radius 1 is 1.38 bits per heavy atom. The van der Waals surface area contributed by atoms with Crippen LogP contribution in [0.3, 0.4) is 0 Å². The van der Waals surface area contributed by atoms with Crippen molar-refractivity contribution in [3.8, 4) is 0 Å². The van der Waals surface area contributed by atoms with Gasteiger partial charge in [-0.15, -0.1) is 0 Å². The van der Waals surface area contributed by atoms with E-state index < -0.39 is 14.6 Å². The van der Waals surface area contributed by atoms with Crippen LogP contribution in [0, 0.1) is 5.92 Å². The monoisotopic (exact) mass is 249 g/mol. The van der Waals surface area contributed by atoms with Crippen molar-refractivity contribution in [2.24, 2.45) is 5.92 Å². The lowest BCUT2D eigenvalue weighted by molar-refractivity contribution is 0.224. The van der Waals surface area contributed by atoms with Crippen molar-refractivity contribution in [3.63, 3.8) is 0 Å². The third-order valence-electron chi connectivity index (χ3n) is 3.24. The normalized spacial score (nSPS) is 23.9. The summed E-state index contributed by atoms with van der Waals surface area (Å²) < 4.78 is 23.1. The average Bonchev–Trinajstić information content (AvgIpc) is 2.60. The lowest BCUT2D eigenvalue weighted by atomic mass is 10.1. The Kier molecular flexibility index (Phi) is 4.37. The summed E-state index contributed by atoms with van der Waals surface area (Å²) in [5, 5.41) is 9.00. The first-order valence-electron chi connectivity index (χ1n) is 5.82. The van der Waals surface area contributed by atoms with Gasteiger partial charge in [-0.3, -0.25) is 0 Å². The van der Waals surface area contributed by atoms with Gasteiger partial charge in [0.2, 0.25) is 0 Å². The number of sulfone groups is 1. The van der Waals surface area contributed by atoms with Crippen molar-refractivity contribution in [3.05, 3.63) is 0 Å². The molecular formula is C11H23NO3S. The van der Waals surface area contributed by atoms with Gasteiger partial charge in [0.05, 0.1) is 10.5 Å². The summed E-state index contributed by atoms with van der Waals surface area (Å²) in [5.74, 6) is 0.548. The van der Waals surface area contributed by atoms with E-state index in [9.17, 15) is 8.42 Å². The quantitative estimate of drug-likeness (QED) is 0.789. The topological polar surface area (TPSA) is 57.6 Å². The predicted octanol–water partition coefficient (Wildman–Crippen LogP) is 0.514. The first-order valence-corrected chi connectivity index (χ1v) is 7.47. The number of hydrogen-bond donors (Lipinski definition) is 1. The molecule has 1 N–H and O–H groups in total. The van der Waals surface area contributed by atoms with Gasteiger partial charge >= 0.3 is 0 Å². The fraction of sp³-hybridized carbons (Fsp3) is 1.00. The molecule has 1 aliphatic heterocycles. The fourth-order valence-electron chi connectivity index (χ4n) is 1.82. The summed E-state index contributed by atoms with van der Waals surface area (Å²) in [5.41, 5.74) is 0. The minimum Gasteiger partial charge on any atom is -0.396 e. The van der Waals surface area contributed by atoms with Gasteiger partial charge in [0.1, 0.15) is 0 Å².